The predicted molar refractivity (Wildman–Crippen MR) is 94.6 cm³/mol. The van der Waals surface area contributed by atoms with E-state index < -0.39 is 6.10 Å². The number of hydrogen-bond acceptors (Lipinski definition) is 3. The maximum atomic E-state index is 12.4. The zero-order valence-corrected chi connectivity index (χ0v) is 14.5. The molecule has 2 unspecified atom stereocenters. The molecular formula is C19H29N3O2. The molecule has 2 amide bonds. The van der Waals surface area contributed by atoms with E-state index in [1.807, 2.05) is 13.0 Å². The van der Waals surface area contributed by atoms with Crippen molar-refractivity contribution in [3.8, 4) is 0 Å². The molecule has 2 saturated heterocycles. The van der Waals surface area contributed by atoms with E-state index in [0.717, 1.165) is 45.4 Å². The van der Waals surface area contributed by atoms with E-state index in [1.54, 1.807) is 4.90 Å². The molecule has 24 heavy (non-hydrogen) atoms. The summed E-state index contributed by atoms with van der Waals surface area (Å²) in [5.41, 5.74) is 1.34. The first-order valence-corrected chi connectivity index (χ1v) is 9.11. The van der Waals surface area contributed by atoms with Crippen LogP contribution in [0.4, 0.5) is 4.79 Å². The van der Waals surface area contributed by atoms with Crippen molar-refractivity contribution in [2.75, 3.05) is 26.2 Å². The number of benzene rings is 1. The van der Waals surface area contributed by atoms with Crippen molar-refractivity contribution in [3.05, 3.63) is 35.9 Å². The number of β-amino-alcohol motifs (C(OH)–C–C–N with tert-alkyl or cyclic N) is 1. The summed E-state index contributed by atoms with van der Waals surface area (Å²) >= 11 is 0. The number of aliphatic hydroxyl groups excluding tert-OH is 1. The number of carbonyl (C=O) groups excluding carboxylic acids is 1. The zero-order chi connectivity index (χ0) is 16.9. The lowest BCUT2D eigenvalue weighted by Gasteiger charge is -2.37. The van der Waals surface area contributed by atoms with Gasteiger partial charge in [0, 0.05) is 38.8 Å². The van der Waals surface area contributed by atoms with Crippen LogP contribution in [-0.2, 0) is 6.54 Å². The van der Waals surface area contributed by atoms with E-state index in [9.17, 15) is 9.90 Å². The molecule has 0 radical (unpaired) electrons. The molecule has 2 aliphatic rings. The quantitative estimate of drug-likeness (QED) is 0.891. The summed E-state index contributed by atoms with van der Waals surface area (Å²) < 4.78 is 0. The van der Waals surface area contributed by atoms with Crippen LogP contribution in [0.15, 0.2) is 30.3 Å². The maximum absolute atomic E-state index is 12.4. The Morgan fingerprint density at radius 1 is 1.17 bits per heavy atom. The summed E-state index contributed by atoms with van der Waals surface area (Å²) in [4.78, 5) is 16.6. The number of urea groups is 1. The van der Waals surface area contributed by atoms with Gasteiger partial charge in [-0.15, -0.1) is 0 Å². The van der Waals surface area contributed by atoms with Gasteiger partial charge in [0.05, 0.1) is 6.10 Å². The Bertz CT molecular complexity index is 529. The molecule has 2 aliphatic heterocycles. The first-order valence-electron chi connectivity index (χ1n) is 9.11. The van der Waals surface area contributed by atoms with Gasteiger partial charge in [-0.3, -0.25) is 4.90 Å². The van der Waals surface area contributed by atoms with Crippen molar-refractivity contribution in [1.29, 1.82) is 0 Å². The minimum absolute atomic E-state index is 0.0116. The van der Waals surface area contributed by atoms with Gasteiger partial charge in [-0.05, 0) is 30.7 Å². The Kier molecular flexibility index (Phi) is 5.74. The number of piperidine rings is 2. The number of hydrogen-bond donors (Lipinski definition) is 2. The normalized spacial score (nSPS) is 26.3. The molecule has 0 saturated carbocycles. The van der Waals surface area contributed by atoms with Gasteiger partial charge in [-0.1, -0.05) is 37.3 Å². The van der Waals surface area contributed by atoms with Crippen LogP contribution in [0.2, 0.25) is 0 Å². The van der Waals surface area contributed by atoms with Gasteiger partial charge >= 0.3 is 6.03 Å². The molecule has 132 valence electrons. The molecule has 2 heterocycles. The van der Waals surface area contributed by atoms with Gasteiger partial charge in [0.2, 0.25) is 0 Å². The van der Waals surface area contributed by atoms with Gasteiger partial charge in [-0.2, -0.15) is 0 Å². The highest BCUT2D eigenvalue weighted by Crippen LogP contribution is 2.18. The number of rotatable bonds is 3. The number of likely N-dealkylation sites (tertiary alicyclic amines) is 2. The van der Waals surface area contributed by atoms with Crippen molar-refractivity contribution in [2.45, 2.75) is 44.9 Å². The highest BCUT2D eigenvalue weighted by atomic mass is 16.3. The fourth-order valence-electron chi connectivity index (χ4n) is 3.58. The Morgan fingerprint density at radius 3 is 2.54 bits per heavy atom. The number of aliphatic hydroxyl groups is 1. The van der Waals surface area contributed by atoms with Crippen LogP contribution in [0.5, 0.6) is 0 Å². The molecule has 2 fully saturated rings. The van der Waals surface area contributed by atoms with Gasteiger partial charge in [0.25, 0.3) is 0 Å². The van der Waals surface area contributed by atoms with Crippen molar-refractivity contribution >= 4 is 6.03 Å². The molecule has 0 aromatic heterocycles. The standard InChI is InChI=1S/C19H29N3O2/c1-15-7-12-22(14-18(15)23)19(24)20-17-8-10-21(11-9-17)13-16-5-3-2-4-6-16/h2-6,15,17-18,23H,7-14H2,1H3,(H,20,24). The molecular weight excluding hydrogens is 302 g/mol. The van der Waals surface area contributed by atoms with Crippen LogP contribution in [-0.4, -0.2) is 59.3 Å². The summed E-state index contributed by atoms with van der Waals surface area (Å²) in [5, 5.41) is 13.1. The highest BCUT2D eigenvalue weighted by Gasteiger charge is 2.29. The molecule has 5 heteroatoms. The largest absolute Gasteiger partial charge is 0.391 e. The van der Waals surface area contributed by atoms with Gasteiger partial charge in [0.1, 0.15) is 0 Å². The minimum Gasteiger partial charge on any atom is -0.391 e. The number of amides is 2. The second kappa shape index (κ2) is 7.99. The second-order valence-corrected chi connectivity index (χ2v) is 7.26. The third-order valence-corrected chi connectivity index (χ3v) is 5.37. The number of carbonyl (C=O) groups is 1. The molecule has 5 nitrogen and oxygen atoms in total. The van der Waals surface area contributed by atoms with Crippen molar-refractivity contribution in [2.24, 2.45) is 5.92 Å². The van der Waals surface area contributed by atoms with Crippen molar-refractivity contribution in [1.82, 2.24) is 15.1 Å². The van der Waals surface area contributed by atoms with E-state index in [0.29, 0.717) is 6.54 Å². The van der Waals surface area contributed by atoms with Crippen LogP contribution in [0.1, 0.15) is 31.7 Å². The lowest BCUT2D eigenvalue weighted by Crippen LogP contribution is -2.53. The van der Waals surface area contributed by atoms with Crippen LogP contribution in [0.25, 0.3) is 0 Å². The molecule has 0 aliphatic carbocycles. The van der Waals surface area contributed by atoms with E-state index in [-0.39, 0.29) is 18.0 Å². The van der Waals surface area contributed by atoms with E-state index in [1.165, 1.54) is 5.56 Å². The molecule has 0 bridgehead atoms. The molecule has 2 N–H and O–H groups in total. The summed E-state index contributed by atoms with van der Waals surface area (Å²) in [5.74, 6) is 0.287. The Morgan fingerprint density at radius 2 is 1.88 bits per heavy atom. The molecule has 0 spiro atoms. The fraction of sp³-hybridized carbons (Fsp3) is 0.632. The SMILES string of the molecule is CC1CCN(C(=O)NC2CCN(Cc3ccccc3)CC2)CC1O. The average molecular weight is 331 g/mol. The zero-order valence-electron chi connectivity index (χ0n) is 14.5. The topological polar surface area (TPSA) is 55.8 Å². The first kappa shape index (κ1) is 17.2. The van der Waals surface area contributed by atoms with Crippen LogP contribution < -0.4 is 5.32 Å². The second-order valence-electron chi connectivity index (χ2n) is 7.26. The van der Waals surface area contributed by atoms with Gasteiger partial charge in [0.15, 0.2) is 0 Å². The van der Waals surface area contributed by atoms with Crippen LogP contribution in [0, 0.1) is 5.92 Å². The van der Waals surface area contributed by atoms with Crippen LogP contribution in [0.3, 0.4) is 0 Å². The fourth-order valence-corrected chi connectivity index (χ4v) is 3.58. The smallest absolute Gasteiger partial charge is 0.317 e. The third-order valence-electron chi connectivity index (χ3n) is 5.37. The summed E-state index contributed by atoms with van der Waals surface area (Å²) in [7, 11) is 0. The lowest BCUT2D eigenvalue weighted by molar-refractivity contribution is 0.0423. The molecule has 1 aromatic rings. The Labute approximate surface area is 144 Å². The van der Waals surface area contributed by atoms with E-state index >= 15 is 0 Å². The third kappa shape index (κ3) is 4.48. The first-order chi connectivity index (χ1) is 11.6. The number of nitrogens with zero attached hydrogens (tertiary/aromatic N) is 2. The Hall–Kier alpha value is -1.59. The maximum Gasteiger partial charge on any atom is 0.317 e. The summed E-state index contributed by atoms with van der Waals surface area (Å²) in [6.07, 6.45) is 2.47. The monoisotopic (exact) mass is 331 g/mol. The average Bonchev–Trinajstić information content (AvgIpc) is 2.60. The highest BCUT2D eigenvalue weighted by molar-refractivity contribution is 5.74. The van der Waals surface area contributed by atoms with Crippen molar-refractivity contribution in [3.63, 3.8) is 0 Å². The van der Waals surface area contributed by atoms with Gasteiger partial charge in [-0.25, -0.2) is 4.79 Å². The predicted octanol–water partition coefficient (Wildman–Crippen LogP) is 2.06. The lowest BCUT2D eigenvalue weighted by atomic mass is 9.96. The Balaban J connectivity index is 1.41. The molecule has 2 atom stereocenters. The van der Waals surface area contributed by atoms with E-state index in [2.05, 4.69) is 34.5 Å². The van der Waals surface area contributed by atoms with Crippen molar-refractivity contribution < 1.29 is 9.90 Å². The van der Waals surface area contributed by atoms with E-state index in [4.69, 9.17) is 0 Å². The van der Waals surface area contributed by atoms with Crippen LogP contribution >= 0.6 is 0 Å². The molecule has 1 aromatic carbocycles. The van der Waals surface area contributed by atoms with Gasteiger partial charge < -0.3 is 15.3 Å². The number of nitrogens with one attached hydrogen (secondary N) is 1. The minimum atomic E-state index is -0.391. The molecule has 3 rings (SSSR count). The summed E-state index contributed by atoms with van der Waals surface area (Å²) in [6.45, 7) is 6.26. The summed E-state index contributed by atoms with van der Waals surface area (Å²) in [6, 6.07) is 10.8.